The molecule has 0 saturated heterocycles. The van der Waals surface area contributed by atoms with E-state index in [9.17, 15) is 4.79 Å². The molecule has 1 aliphatic rings. The maximum atomic E-state index is 11.0. The minimum absolute atomic E-state index is 0.159. The highest BCUT2D eigenvalue weighted by Gasteiger charge is 2.20. The number of aromatic carboxylic acids is 1. The van der Waals surface area contributed by atoms with Gasteiger partial charge >= 0.3 is 5.97 Å². The van der Waals surface area contributed by atoms with Crippen LogP contribution in [0.3, 0.4) is 0 Å². The second-order valence-corrected chi connectivity index (χ2v) is 5.22. The normalized spacial score (nSPS) is 14.5. The third-order valence-electron chi connectivity index (χ3n) is 2.67. The lowest BCUT2D eigenvalue weighted by Crippen LogP contribution is -2.14. The third kappa shape index (κ3) is 3.96. The van der Waals surface area contributed by atoms with Crippen LogP contribution in [0.15, 0.2) is 16.7 Å². The maximum Gasteiger partial charge on any atom is 0.339 e. The van der Waals surface area contributed by atoms with E-state index in [-0.39, 0.29) is 5.56 Å². The Morgan fingerprint density at radius 2 is 2.39 bits per heavy atom. The predicted octanol–water partition coefficient (Wildman–Crippen LogP) is 2.38. The molecule has 6 heteroatoms. The van der Waals surface area contributed by atoms with Crippen molar-refractivity contribution in [3.05, 3.63) is 22.3 Å². The van der Waals surface area contributed by atoms with Crippen molar-refractivity contribution in [2.75, 3.05) is 25.1 Å². The summed E-state index contributed by atoms with van der Waals surface area (Å²) in [5.74, 6) is 0.122. The molecule has 98 valence electrons. The zero-order chi connectivity index (χ0) is 13.0. The number of anilines is 1. The number of ether oxygens (including phenoxy) is 1. The summed E-state index contributed by atoms with van der Waals surface area (Å²) in [6.07, 6.45) is 4.11. The van der Waals surface area contributed by atoms with Crippen molar-refractivity contribution < 1.29 is 14.6 Å². The predicted molar refractivity (Wildman–Crippen MR) is 70.9 cm³/mol. The van der Waals surface area contributed by atoms with Crippen LogP contribution >= 0.6 is 15.9 Å². The Labute approximate surface area is 114 Å². The average molecular weight is 315 g/mol. The van der Waals surface area contributed by atoms with Gasteiger partial charge in [0.25, 0.3) is 0 Å². The molecule has 0 aliphatic heterocycles. The van der Waals surface area contributed by atoms with E-state index in [4.69, 9.17) is 9.84 Å². The maximum absolute atomic E-state index is 11.0. The highest BCUT2D eigenvalue weighted by Crippen LogP contribution is 2.28. The Morgan fingerprint density at radius 3 is 3.06 bits per heavy atom. The summed E-state index contributed by atoms with van der Waals surface area (Å²) in [7, 11) is 0. The van der Waals surface area contributed by atoms with E-state index >= 15 is 0 Å². The standard InChI is InChI=1S/C12H15BrN2O3/c13-9-5-10(12(16)17)11(15-6-9)14-3-4-18-7-8-1-2-8/h5-6,8H,1-4,7H2,(H,14,15)(H,16,17). The Morgan fingerprint density at radius 1 is 1.61 bits per heavy atom. The van der Waals surface area contributed by atoms with Gasteiger partial charge in [-0.1, -0.05) is 0 Å². The third-order valence-corrected chi connectivity index (χ3v) is 3.11. The Balaban J connectivity index is 1.81. The second kappa shape index (κ2) is 6.15. The van der Waals surface area contributed by atoms with Crippen LogP contribution in [0.4, 0.5) is 5.82 Å². The molecule has 1 fully saturated rings. The summed E-state index contributed by atoms with van der Waals surface area (Å²) >= 11 is 3.20. The summed E-state index contributed by atoms with van der Waals surface area (Å²) in [6, 6.07) is 1.53. The fourth-order valence-electron chi connectivity index (χ4n) is 1.52. The summed E-state index contributed by atoms with van der Waals surface area (Å²) in [4.78, 5) is 15.1. The minimum Gasteiger partial charge on any atom is -0.478 e. The van der Waals surface area contributed by atoms with E-state index in [0.29, 0.717) is 23.4 Å². The number of halogens is 1. The number of rotatable bonds is 7. The van der Waals surface area contributed by atoms with Crippen molar-refractivity contribution in [3.8, 4) is 0 Å². The zero-order valence-electron chi connectivity index (χ0n) is 9.86. The molecular weight excluding hydrogens is 300 g/mol. The van der Waals surface area contributed by atoms with E-state index in [2.05, 4.69) is 26.2 Å². The van der Waals surface area contributed by atoms with E-state index in [0.717, 1.165) is 12.5 Å². The van der Waals surface area contributed by atoms with Crippen molar-refractivity contribution in [2.24, 2.45) is 5.92 Å². The van der Waals surface area contributed by atoms with Gasteiger partial charge in [-0.05, 0) is 40.8 Å². The van der Waals surface area contributed by atoms with Crippen LogP contribution in [0.25, 0.3) is 0 Å². The van der Waals surface area contributed by atoms with Gasteiger partial charge in [-0.3, -0.25) is 0 Å². The molecule has 1 saturated carbocycles. The van der Waals surface area contributed by atoms with Gasteiger partial charge in [0, 0.05) is 23.8 Å². The van der Waals surface area contributed by atoms with Gasteiger partial charge < -0.3 is 15.2 Å². The van der Waals surface area contributed by atoms with Crippen LogP contribution in [-0.4, -0.2) is 35.8 Å². The van der Waals surface area contributed by atoms with Gasteiger partial charge in [0.15, 0.2) is 0 Å². The zero-order valence-corrected chi connectivity index (χ0v) is 11.4. The van der Waals surface area contributed by atoms with Crippen molar-refractivity contribution in [2.45, 2.75) is 12.8 Å². The molecule has 0 radical (unpaired) electrons. The fourth-order valence-corrected chi connectivity index (χ4v) is 1.85. The lowest BCUT2D eigenvalue weighted by atomic mass is 10.2. The Hall–Kier alpha value is -1.14. The van der Waals surface area contributed by atoms with Crippen LogP contribution in [0, 0.1) is 5.92 Å². The molecule has 0 aromatic carbocycles. The molecule has 1 aromatic heterocycles. The van der Waals surface area contributed by atoms with Crippen LogP contribution in [0.1, 0.15) is 23.2 Å². The summed E-state index contributed by atoms with van der Waals surface area (Å²) < 4.78 is 6.10. The molecule has 0 bridgehead atoms. The molecular formula is C12H15BrN2O3. The van der Waals surface area contributed by atoms with Crippen LogP contribution in [-0.2, 0) is 4.74 Å². The molecule has 5 nitrogen and oxygen atoms in total. The van der Waals surface area contributed by atoms with E-state index in [1.165, 1.54) is 18.9 Å². The Bertz CT molecular complexity index is 435. The quantitative estimate of drug-likeness (QED) is 0.756. The van der Waals surface area contributed by atoms with E-state index in [1.807, 2.05) is 0 Å². The number of carboxylic acid groups (broad SMARTS) is 1. The molecule has 1 aromatic rings. The molecule has 1 heterocycles. The van der Waals surface area contributed by atoms with Crippen LogP contribution in [0.2, 0.25) is 0 Å². The van der Waals surface area contributed by atoms with E-state index < -0.39 is 5.97 Å². The Kier molecular flexibility index (Phi) is 4.54. The molecule has 2 rings (SSSR count). The van der Waals surface area contributed by atoms with Gasteiger partial charge in [-0.25, -0.2) is 9.78 Å². The number of nitrogens with zero attached hydrogens (tertiary/aromatic N) is 1. The van der Waals surface area contributed by atoms with Gasteiger partial charge in [-0.2, -0.15) is 0 Å². The first-order chi connectivity index (χ1) is 8.66. The van der Waals surface area contributed by atoms with Gasteiger partial charge in [0.1, 0.15) is 11.4 Å². The first kappa shape index (κ1) is 13.3. The lowest BCUT2D eigenvalue weighted by molar-refractivity contribution is 0.0697. The molecule has 0 amide bonds. The number of pyridine rings is 1. The molecule has 0 spiro atoms. The number of nitrogens with one attached hydrogen (secondary N) is 1. The second-order valence-electron chi connectivity index (χ2n) is 4.30. The van der Waals surface area contributed by atoms with Crippen molar-refractivity contribution in [3.63, 3.8) is 0 Å². The van der Waals surface area contributed by atoms with Crippen LogP contribution in [0.5, 0.6) is 0 Å². The molecule has 0 atom stereocenters. The van der Waals surface area contributed by atoms with Gasteiger partial charge in [-0.15, -0.1) is 0 Å². The van der Waals surface area contributed by atoms with Crippen molar-refractivity contribution in [1.29, 1.82) is 0 Å². The summed E-state index contributed by atoms with van der Waals surface area (Å²) in [5, 5.41) is 12.0. The summed E-state index contributed by atoms with van der Waals surface area (Å²) in [6.45, 7) is 1.93. The first-order valence-corrected chi connectivity index (χ1v) is 6.66. The molecule has 2 N–H and O–H groups in total. The minimum atomic E-state index is -0.995. The number of carbonyl (C=O) groups is 1. The number of hydrogen-bond acceptors (Lipinski definition) is 4. The largest absolute Gasteiger partial charge is 0.478 e. The summed E-state index contributed by atoms with van der Waals surface area (Å²) in [5.41, 5.74) is 0.159. The molecule has 18 heavy (non-hydrogen) atoms. The van der Waals surface area contributed by atoms with Crippen molar-refractivity contribution in [1.82, 2.24) is 4.98 Å². The average Bonchev–Trinajstić information content (AvgIpc) is 3.14. The highest BCUT2D eigenvalue weighted by molar-refractivity contribution is 9.10. The van der Waals surface area contributed by atoms with Crippen molar-refractivity contribution >= 4 is 27.7 Å². The smallest absolute Gasteiger partial charge is 0.339 e. The molecule has 1 aliphatic carbocycles. The topological polar surface area (TPSA) is 71.5 Å². The fraction of sp³-hybridized carbons (Fsp3) is 0.500. The highest BCUT2D eigenvalue weighted by atomic mass is 79.9. The number of hydrogen-bond donors (Lipinski definition) is 2. The van der Waals surface area contributed by atoms with Gasteiger partial charge in [0.2, 0.25) is 0 Å². The van der Waals surface area contributed by atoms with Gasteiger partial charge in [0.05, 0.1) is 6.61 Å². The first-order valence-electron chi connectivity index (χ1n) is 5.87. The lowest BCUT2D eigenvalue weighted by Gasteiger charge is -2.09. The molecule has 0 unspecified atom stereocenters. The van der Waals surface area contributed by atoms with Crippen LogP contribution < -0.4 is 5.32 Å². The van der Waals surface area contributed by atoms with E-state index in [1.54, 1.807) is 6.20 Å². The number of aromatic nitrogens is 1. The number of carboxylic acids is 1. The monoisotopic (exact) mass is 314 g/mol. The SMILES string of the molecule is O=C(O)c1cc(Br)cnc1NCCOCC1CC1.